The van der Waals surface area contributed by atoms with E-state index in [1.807, 2.05) is 18.5 Å². The van der Waals surface area contributed by atoms with E-state index in [2.05, 4.69) is 23.0 Å². The summed E-state index contributed by atoms with van der Waals surface area (Å²) < 4.78 is 0. The van der Waals surface area contributed by atoms with E-state index in [-0.39, 0.29) is 12.4 Å². The second-order valence-corrected chi connectivity index (χ2v) is 4.11. The van der Waals surface area contributed by atoms with Crippen LogP contribution >= 0.6 is 12.4 Å². The summed E-state index contributed by atoms with van der Waals surface area (Å²) >= 11 is 0. The van der Waals surface area contributed by atoms with E-state index in [1.54, 1.807) is 0 Å². The maximum atomic E-state index is 4.16. The summed E-state index contributed by atoms with van der Waals surface area (Å²) in [5, 5.41) is 0. The average Bonchev–Trinajstić information content (AvgIpc) is 2.30. The molecule has 1 saturated carbocycles. The molecule has 15 heavy (non-hydrogen) atoms. The third-order valence-electron chi connectivity index (χ3n) is 3.18. The van der Waals surface area contributed by atoms with E-state index in [9.17, 15) is 0 Å². The number of halogens is 1. The zero-order valence-corrected chi connectivity index (χ0v) is 10.0. The Bertz CT molecular complexity index is 270. The number of pyridine rings is 1. The lowest BCUT2D eigenvalue weighted by Gasteiger charge is -2.32. The first kappa shape index (κ1) is 12.3. The van der Waals surface area contributed by atoms with E-state index in [4.69, 9.17) is 0 Å². The van der Waals surface area contributed by atoms with Gasteiger partial charge in [-0.2, -0.15) is 0 Å². The minimum Gasteiger partial charge on any atom is -0.370 e. The van der Waals surface area contributed by atoms with Crippen LogP contribution in [0.2, 0.25) is 0 Å². The summed E-state index contributed by atoms with van der Waals surface area (Å²) in [4.78, 5) is 6.54. The number of nitrogens with zero attached hydrogens (tertiary/aromatic N) is 2. The van der Waals surface area contributed by atoms with Crippen LogP contribution in [0.5, 0.6) is 0 Å². The highest BCUT2D eigenvalue weighted by atomic mass is 35.5. The Kier molecular flexibility index (Phi) is 4.89. The van der Waals surface area contributed by atoms with Crippen LogP contribution in [0, 0.1) is 0 Å². The Hall–Kier alpha value is -0.760. The van der Waals surface area contributed by atoms with Gasteiger partial charge in [-0.1, -0.05) is 19.3 Å². The lowest BCUT2D eigenvalue weighted by Crippen LogP contribution is -2.33. The number of rotatable bonds is 2. The van der Waals surface area contributed by atoms with Crippen molar-refractivity contribution in [3.8, 4) is 0 Å². The Balaban J connectivity index is 0.00000112. The van der Waals surface area contributed by atoms with Crippen molar-refractivity contribution in [3.63, 3.8) is 0 Å². The maximum Gasteiger partial charge on any atom is 0.0552 e. The van der Waals surface area contributed by atoms with Crippen molar-refractivity contribution in [2.45, 2.75) is 38.1 Å². The predicted octanol–water partition coefficient (Wildman–Crippen LogP) is 3.27. The summed E-state index contributed by atoms with van der Waals surface area (Å²) in [5.74, 6) is 0. The fourth-order valence-electron chi connectivity index (χ4n) is 2.24. The van der Waals surface area contributed by atoms with Gasteiger partial charge in [0.1, 0.15) is 0 Å². The van der Waals surface area contributed by atoms with Crippen molar-refractivity contribution in [2.75, 3.05) is 11.9 Å². The highest BCUT2D eigenvalue weighted by Crippen LogP contribution is 2.25. The predicted molar refractivity (Wildman–Crippen MR) is 66.8 cm³/mol. The molecule has 0 aromatic carbocycles. The highest BCUT2D eigenvalue weighted by Gasteiger charge is 2.17. The third kappa shape index (κ3) is 3.10. The molecule has 84 valence electrons. The molecule has 1 aromatic rings. The smallest absolute Gasteiger partial charge is 0.0552 e. The fraction of sp³-hybridized carbons (Fsp3) is 0.583. The normalized spacial score (nSPS) is 16.9. The zero-order valence-electron chi connectivity index (χ0n) is 9.22. The molecule has 2 nitrogen and oxygen atoms in total. The Morgan fingerprint density at radius 1 is 1.27 bits per heavy atom. The molecule has 1 aromatic heterocycles. The standard InChI is InChI=1S/C12H18N2.ClH/c1-14(11-6-3-2-4-7-11)12-8-5-9-13-10-12;/h5,8-11H,2-4,6-7H2,1H3;1H. The second-order valence-electron chi connectivity index (χ2n) is 4.11. The molecule has 0 saturated heterocycles. The van der Waals surface area contributed by atoms with Crippen molar-refractivity contribution >= 4 is 18.1 Å². The van der Waals surface area contributed by atoms with Crippen LogP contribution < -0.4 is 4.90 Å². The van der Waals surface area contributed by atoms with E-state index in [0.29, 0.717) is 0 Å². The molecule has 1 heterocycles. The van der Waals surface area contributed by atoms with Gasteiger partial charge in [-0.3, -0.25) is 4.98 Å². The summed E-state index contributed by atoms with van der Waals surface area (Å²) in [7, 11) is 2.19. The van der Waals surface area contributed by atoms with Crippen molar-refractivity contribution in [1.29, 1.82) is 0 Å². The van der Waals surface area contributed by atoms with Gasteiger partial charge < -0.3 is 4.90 Å². The summed E-state index contributed by atoms with van der Waals surface area (Å²) in [6.07, 6.45) is 10.6. The quantitative estimate of drug-likeness (QED) is 0.770. The highest BCUT2D eigenvalue weighted by molar-refractivity contribution is 5.85. The molecule has 0 amide bonds. The Morgan fingerprint density at radius 2 is 2.00 bits per heavy atom. The molecule has 2 rings (SSSR count). The van der Waals surface area contributed by atoms with E-state index in [1.165, 1.54) is 37.8 Å². The minimum absolute atomic E-state index is 0. The number of aromatic nitrogens is 1. The summed E-state index contributed by atoms with van der Waals surface area (Å²) in [6.45, 7) is 0. The van der Waals surface area contributed by atoms with Gasteiger partial charge in [-0.25, -0.2) is 0 Å². The van der Waals surface area contributed by atoms with Gasteiger partial charge in [-0.15, -0.1) is 12.4 Å². The molecule has 0 bridgehead atoms. The summed E-state index contributed by atoms with van der Waals surface area (Å²) in [6, 6.07) is 4.88. The van der Waals surface area contributed by atoms with Gasteiger partial charge in [0.25, 0.3) is 0 Å². The third-order valence-corrected chi connectivity index (χ3v) is 3.18. The fourth-order valence-corrected chi connectivity index (χ4v) is 2.24. The molecular formula is C12H19ClN2. The molecular weight excluding hydrogens is 208 g/mol. The first-order valence-corrected chi connectivity index (χ1v) is 5.51. The van der Waals surface area contributed by atoms with Crippen LogP contribution in [0.1, 0.15) is 32.1 Å². The van der Waals surface area contributed by atoms with Crippen LogP contribution in [-0.4, -0.2) is 18.1 Å². The first-order chi connectivity index (χ1) is 6.88. The molecule has 1 aliphatic rings. The van der Waals surface area contributed by atoms with E-state index in [0.717, 1.165) is 6.04 Å². The lowest BCUT2D eigenvalue weighted by molar-refractivity contribution is 0.427. The second kappa shape index (κ2) is 5.96. The number of hydrogen-bond acceptors (Lipinski definition) is 2. The first-order valence-electron chi connectivity index (χ1n) is 5.51. The topological polar surface area (TPSA) is 16.1 Å². The lowest BCUT2D eigenvalue weighted by atomic mass is 9.94. The van der Waals surface area contributed by atoms with Crippen molar-refractivity contribution in [2.24, 2.45) is 0 Å². The minimum atomic E-state index is 0. The monoisotopic (exact) mass is 226 g/mol. The maximum absolute atomic E-state index is 4.16. The Labute approximate surface area is 98.1 Å². The van der Waals surface area contributed by atoms with Crippen LogP contribution in [0.3, 0.4) is 0 Å². The molecule has 0 radical (unpaired) electrons. The molecule has 0 spiro atoms. The molecule has 0 atom stereocenters. The van der Waals surface area contributed by atoms with Gasteiger partial charge in [0.05, 0.1) is 11.9 Å². The number of hydrogen-bond donors (Lipinski definition) is 0. The summed E-state index contributed by atoms with van der Waals surface area (Å²) in [5.41, 5.74) is 1.25. The van der Waals surface area contributed by atoms with E-state index >= 15 is 0 Å². The van der Waals surface area contributed by atoms with Crippen molar-refractivity contribution in [1.82, 2.24) is 4.98 Å². The molecule has 3 heteroatoms. The van der Waals surface area contributed by atoms with Gasteiger partial charge in [0, 0.05) is 19.3 Å². The van der Waals surface area contributed by atoms with Gasteiger partial charge in [0.15, 0.2) is 0 Å². The van der Waals surface area contributed by atoms with Crippen LogP contribution in [0.25, 0.3) is 0 Å². The Morgan fingerprint density at radius 3 is 2.60 bits per heavy atom. The molecule has 0 N–H and O–H groups in total. The van der Waals surface area contributed by atoms with Crippen LogP contribution in [-0.2, 0) is 0 Å². The van der Waals surface area contributed by atoms with Crippen LogP contribution in [0.15, 0.2) is 24.5 Å². The number of anilines is 1. The largest absolute Gasteiger partial charge is 0.370 e. The molecule has 0 unspecified atom stereocenters. The molecule has 0 aliphatic heterocycles. The van der Waals surface area contributed by atoms with E-state index < -0.39 is 0 Å². The SMILES string of the molecule is CN(c1cccnc1)C1CCCCC1.Cl. The van der Waals surface area contributed by atoms with Gasteiger partial charge in [0.2, 0.25) is 0 Å². The van der Waals surface area contributed by atoms with Crippen molar-refractivity contribution < 1.29 is 0 Å². The van der Waals surface area contributed by atoms with Gasteiger partial charge in [-0.05, 0) is 25.0 Å². The van der Waals surface area contributed by atoms with Crippen molar-refractivity contribution in [3.05, 3.63) is 24.5 Å². The van der Waals surface area contributed by atoms with Gasteiger partial charge >= 0.3 is 0 Å². The van der Waals surface area contributed by atoms with Crippen LogP contribution in [0.4, 0.5) is 5.69 Å². The average molecular weight is 227 g/mol. The molecule has 1 aliphatic carbocycles. The molecule has 1 fully saturated rings. The zero-order chi connectivity index (χ0) is 9.80.